The second-order valence-electron chi connectivity index (χ2n) is 3.54. The lowest BCUT2D eigenvalue weighted by Gasteiger charge is -2.16. The first-order valence-corrected chi connectivity index (χ1v) is 4.39. The summed E-state index contributed by atoms with van der Waals surface area (Å²) < 4.78 is 38.6. The molecule has 0 amide bonds. The van der Waals surface area contributed by atoms with E-state index in [0.717, 1.165) is 12.1 Å². The van der Waals surface area contributed by atoms with Gasteiger partial charge in [0.15, 0.2) is 17.5 Å². The second-order valence-corrected chi connectivity index (χ2v) is 3.54. The number of aliphatic hydroxyl groups excluding tert-OH is 1. The van der Waals surface area contributed by atoms with E-state index in [9.17, 15) is 18.3 Å². The Morgan fingerprint density at radius 2 is 1.80 bits per heavy atom. The van der Waals surface area contributed by atoms with Crippen molar-refractivity contribution >= 4 is 0 Å². The summed E-state index contributed by atoms with van der Waals surface area (Å²) >= 11 is 0. The molecule has 84 valence electrons. The predicted molar refractivity (Wildman–Crippen MR) is 49.8 cm³/mol. The number of benzene rings is 1. The Morgan fingerprint density at radius 3 is 2.33 bits per heavy atom. The molecule has 0 saturated carbocycles. The Labute approximate surface area is 85.9 Å². The maximum absolute atomic E-state index is 13.2. The summed E-state index contributed by atoms with van der Waals surface area (Å²) in [5.41, 5.74) is -0.234. The van der Waals surface area contributed by atoms with Crippen LogP contribution >= 0.6 is 0 Å². The van der Waals surface area contributed by atoms with Gasteiger partial charge in [-0.25, -0.2) is 13.2 Å². The Bertz CT molecular complexity index is 355. The van der Waals surface area contributed by atoms with Gasteiger partial charge in [-0.2, -0.15) is 0 Å². The zero-order valence-electron chi connectivity index (χ0n) is 8.47. The van der Waals surface area contributed by atoms with Gasteiger partial charge < -0.3 is 10.0 Å². The molecule has 1 aromatic rings. The molecule has 0 aliphatic carbocycles. The first-order valence-electron chi connectivity index (χ1n) is 4.39. The molecular weight excluding hydrogens is 207 g/mol. The van der Waals surface area contributed by atoms with Gasteiger partial charge in [-0.05, 0) is 20.2 Å². The minimum Gasteiger partial charge on any atom is -0.387 e. The van der Waals surface area contributed by atoms with Crippen molar-refractivity contribution in [1.29, 1.82) is 0 Å². The van der Waals surface area contributed by atoms with Gasteiger partial charge in [0.05, 0.1) is 6.10 Å². The number of likely N-dealkylation sites (N-methyl/N-ethyl adjacent to an activating group) is 1. The molecule has 0 radical (unpaired) electrons. The van der Waals surface area contributed by atoms with Crippen LogP contribution in [-0.4, -0.2) is 30.6 Å². The number of hydrogen-bond acceptors (Lipinski definition) is 2. The fourth-order valence-corrected chi connectivity index (χ4v) is 1.24. The van der Waals surface area contributed by atoms with Crippen molar-refractivity contribution in [1.82, 2.24) is 4.90 Å². The molecular formula is C10H12F3NO. The molecule has 0 fully saturated rings. The lowest BCUT2D eigenvalue weighted by Crippen LogP contribution is -2.21. The third-order valence-electron chi connectivity index (χ3n) is 1.96. The minimum absolute atomic E-state index is 0.141. The molecule has 1 aromatic carbocycles. The number of halogens is 3. The summed E-state index contributed by atoms with van der Waals surface area (Å²) in [6.45, 7) is 0.141. The van der Waals surface area contributed by atoms with E-state index < -0.39 is 23.6 Å². The molecule has 2 nitrogen and oxygen atoms in total. The van der Waals surface area contributed by atoms with Crippen LogP contribution in [0, 0.1) is 17.5 Å². The van der Waals surface area contributed by atoms with Crippen LogP contribution < -0.4 is 0 Å². The van der Waals surface area contributed by atoms with Gasteiger partial charge in [0.2, 0.25) is 0 Å². The highest BCUT2D eigenvalue weighted by atomic mass is 19.2. The molecule has 1 atom stereocenters. The van der Waals surface area contributed by atoms with E-state index in [0.29, 0.717) is 0 Å². The largest absolute Gasteiger partial charge is 0.387 e. The van der Waals surface area contributed by atoms with Crippen molar-refractivity contribution in [2.24, 2.45) is 0 Å². The minimum atomic E-state index is -1.55. The Hall–Kier alpha value is -1.07. The van der Waals surface area contributed by atoms with Crippen LogP contribution in [0.1, 0.15) is 11.7 Å². The quantitative estimate of drug-likeness (QED) is 0.782. The molecule has 1 unspecified atom stereocenters. The van der Waals surface area contributed by atoms with Gasteiger partial charge in [-0.15, -0.1) is 0 Å². The number of aliphatic hydroxyl groups is 1. The van der Waals surface area contributed by atoms with Crippen molar-refractivity contribution in [3.05, 3.63) is 35.1 Å². The molecule has 1 N–H and O–H groups in total. The Balaban J connectivity index is 3.00. The van der Waals surface area contributed by atoms with E-state index in [1.807, 2.05) is 0 Å². The second kappa shape index (κ2) is 4.63. The zero-order valence-corrected chi connectivity index (χ0v) is 8.47. The van der Waals surface area contributed by atoms with E-state index in [4.69, 9.17) is 0 Å². The third-order valence-corrected chi connectivity index (χ3v) is 1.96. The molecule has 0 saturated heterocycles. The van der Waals surface area contributed by atoms with Crippen molar-refractivity contribution in [3.63, 3.8) is 0 Å². The summed E-state index contributed by atoms with van der Waals surface area (Å²) in [5, 5.41) is 9.52. The van der Waals surface area contributed by atoms with Crippen molar-refractivity contribution in [2.45, 2.75) is 6.10 Å². The van der Waals surface area contributed by atoms with Crippen LogP contribution in [0.25, 0.3) is 0 Å². The third kappa shape index (κ3) is 2.70. The molecule has 1 rings (SSSR count). The normalized spacial score (nSPS) is 13.3. The van der Waals surface area contributed by atoms with Gasteiger partial charge in [0, 0.05) is 12.1 Å². The number of hydrogen-bond donors (Lipinski definition) is 1. The number of nitrogens with zero attached hydrogens (tertiary/aromatic N) is 1. The van der Waals surface area contributed by atoms with Gasteiger partial charge in [0.1, 0.15) is 0 Å². The van der Waals surface area contributed by atoms with Crippen LogP contribution in [0.5, 0.6) is 0 Å². The summed E-state index contributed by atoms with van der Waals surface area (Å²) in [4.78, 5) is 1.62. The van der Waals surface area contributed by atoms with Gasteiger partial charge >= 0.3 is 0 Å². The first kappa shape index (κ1) is 12.0. The van der Waals surface area contributed by atoms with Crippen LogP contribution in [-0.2, 0) is 0 Å². The maximum atomic E-state index is 13.2. The van der Waals surface area contributed by atoms with Crippen molar-refractivity contribution in [2.75, 3.05) is 20.6 Å². The highest BCUT2D eigenvalue weighted by Gasteiger charge is 2.19. The summed E-state index contributed by atoms with van der Waals surface area (Å²) in [6, 6.07) is 1.84. The Morgan fingerprint density at radius 1 is 1.20 bits per heavy atom. The first-order chi connectivity index (χ1) is 6.93. The van der Waals surface area contributed by atoms with Crippen molar-refractivity contribution < 1.29 is 18.3 Å². The SMILES string of the molecule is CN(C)CC(O)c1ccc(F)c(F)c1F. The summed E-state index contributed by atoms with van der Waals surface area (Å²) in [7, 11) is 3.36. The summed E-state index contributed by atoms with van der Waals surface area (Å²) in [5.74, 6) is -4.14. The van der Waals surface area contributed by atoms with Crippen LogP contribution in [0.2, 0.25) is 0 Å². The van der Waals surface area contributed by atoms with Crippen LogP contribution in [0.3, 0.4) is 0 Å². The van der Waals surface area contributed by atoms with E-state index in [1.54, 1.807) is 19.0 Å². The zero-order chi connectivity index (χ0) is 11.6. The smallest absolute Gasteiger partial charge is 0.194 e. The molecule has 5 heteroatoms. The average molecular weight is 219 g/mol. The standard InChI is InChI=1S/C10H12F3NO/c1-14(2)5-8(15)6-3-4-7(11)10(13)9(6)12/h3-4,8,15H,5H2,1-2H3. The van der Waals surface area contributed by atoms with Crippen LogP contribution in [0.15, 0.2) is 12.1 Å². The topological polar surface area (TPSA) is 23.5 Å². The fraction of sp³-hybridized carbons (Fsp3) is 0.400. The Kier molecular flexibility index (Phi) is 3.71. The lowest BCUT2D eigenvalue weighted by molar-refractivity contribution is 0.133. The molecule has 0 spiro atoms. The van der Waals surface area contributed by atoms with Crippen LogP contribution in [0.4, 0.5) is 13.2 Å². The van der Waals surface area contributed by atoms with Gasteiger partial charge in [0.25, 0.3) is 0 Å². The fourth-order valence-electron chi connectivity index (χ4n) is 1.24. The predicted octanol–water partition coefficient (Wildman–Crippen LogP) is 1.70. The molecule has 0 aromatic heterocycles. The lowest BCUT2D eigenvalue weighted by atomic mass is 10.1. The molecule has 0 bridgehead atoms. The molecule has 0 aliphatic heterocycles. The van der Waals surface area contributed by atoms with E-state index in [1.165, 1.54) is 0 Å². The van der Waals surface area contributed by atoms with Crippen molar-refractivity contribution in [3.8, 4) is 0 Å². The average Bonchev–Trinajstić information content (AvgIpc) is 2.13. The van der Waals surface area contributed by atoms with Gasteiger partial charge in [-0.3, -0.25) is 0 Å². The highest BCUT2D eigenvalue weighted by molar-refractivity contribution is 5.22. The van der Waals surface area contributed by atoms with E-state index in [2.05, 4.69) is 0 Å². The highest BCUT2D eigenvalue weighted by Crippen LogP contribution is 2.21. The van der Waals surface area contributed by atoms with Gasteiger partial charge in [-0.1, -0.05) is 6.07 Å². The monoisotopic (exact) mass is 219 g/mol. The van der Waals surface area contributed by atoms with E-state index in [-0.39, 0.29) is 12.1 Å². The van der Waals surface area contributed by atoms with E-state index >= 15 is 0 Å². The number of rotatable bonds is 3. The summed E-state index contributed by atoms with van der Waals surface area (Å²) in [6.07, 6.45) is -1.17. The molecule has 0 aliphatic rings. The molecule has 15 heavy (non-hydrogen) atoms. The maximum Gasteiger partial charge on any atom is 0.194 e. The molecule has 0 heterocycles.